The van der Waals surface area contributed by atoms with E-state index in [1.807, 2.05) is 24.8 Å². The summed E-state index contributed by atoms with van der Waals surface area (Å²) in [6.45, 7) is 5.71. The van der Waals surface area contributed by atoms with E-state index in [-0.39, 0.29) is 5.91 Å². The molecule has 3 heterocycles. The lowest BCUT2D eigenvalue weighted by atomic mass is 9.94. The summed E-state index contributed by atoms with van der Waals surface area (Å²) in [7, 11) is 0. The van der Waals surface area contributed by atoms with Gasteiger partial charge in [-0.25, -0.2) is 0 Å². The van der Waals surface area contributed by atoms with E-state index in [2.05, 4.69) is 20.4 Å². The van der Waals surface area contributed by atoms with Crippen molar-refractivity contribution >= 4 is 5.91 Å². The van der Waals surface area contributed by atoms with Crippen molar-refractivity contribution < 1.29 is 4.79 Å². The van der Waals surface area contributed by atoms with Crippen molar-refractivity contribution in [1.82, 2.24) is 25.3 Å². The summed E-state index contributed by atoms with van der Waals surface area (Å²) >= 11 is 0. The van der Waals surface area contributed by atoms with E-state index in [1.165, 1.54) is 5.56 Å². The van der Waals surface area contributed by atoms with Gasteiger partial charge in [0.2, 0.25) is 5.91 Å². The van der Waals surface area contributed by atoms with Crippen LogP contribution in [-0.2, 0) is 11.2 Å². The van der Waals surface area contributed by atoms with E-state index in [0.717, 1.165) is 43.0 Å². The number of nitrogens with zero attached hydrogens (tertiary/aromatic N) is 3. The Morgan fingerprint density at radius 1 is 1.41 bits per heavy atom. The van der Waals surface area contributed by atoms with Gasteiger partial charge >= 0.3 is 0 Å². The molecule has 1 aliphatic heterocycles. The van der Waals surface area contributed by atoms with Crippen LogP contribution < -0.4 is 0 Å². The van der Waals surface area contributed by atoms with Gasteiger partial charge in [-0.05, 0) is 38.3 Å². The third-order valence-corrected chi connectivity index (χ3v) is 4.67. The number of hydrogen-bond donors (Lipinski definition) is 2. The molecule has 3 rings (SSSR count). The van der Waals surface area contributed by atoms with Crippen molar-refractivity contribution in [3.8, 4) is 0 Å². The van der Waals surface area contributed by atoms with Crippen LogP contribution in [0.4, 0.5) is 0 Å². The Labute approximate surface area is 130 Å². The second-order valence-corrected chi connectivity index (χ2v) is 6.11. The van der Waals surface area contributed by atoms with Crippen LogP contribution in [0.2, 0.25) is 0 Å². The molecule has 2 N–H and O–H groups in total. The lowest BCUT2D eigenvalue weighted by Crippen LogP contribution is -2.39. The van der Waals surface area contributed by atoms with Gasteiger partial charge in [0.05, 0.1) is 5.69 Å². The van der Waals surface area contributed by atoms with Crippen molar-refractivity contribution in [3.63, 3.8) is 0 Å². The normalized spacial score (nSPS) is 18.6. The highest BCUT2D eigenvalue weighted by Crippen LogP contribution is 2.25. The first kappa shape index (κ1) is 14.8. The minimum atomic E-state index is 0.226. The number of piperidine rings is 1. The molecule has 0 saturated carbocycles. The summed E-state index contributed by atoms with van der Waals surface area (Å²) in [5, 5.41) is 14.3. The average molecular weight is 301 g/mol. The summed E-state index contributed by atoms with van der Waals surface area (Å²) in [6, 6.07) is 2.01. The van der Waals surface area contributed by atoms with Gasteiger partial charge in [-0.3, -0.25) is 15.0 Å². The predicted molar refractivity (Wildman–Crippen MR) is 83.5 cm³/mol. The monoisotopic (exact) mass is 301 g/mol. The highest BCUT2D eigenvalue weighted by Gasteiger charge is 2.25. The SMILES string of the molecule is Cc1[nH]nc(CCC(=O)N2CCC[C@@H](c3ccn[nH]3)C2)c1C. The van der Waals surface area contributed by atoms with Gasteiger partial charge in [0.25, 0.3) is 0 Å². The van der Waals surface area contributed by atoms with Crippen LogP contribution >= 0.6 is 0 Å². The number of aryl methyl sites for hydroxylation is 2. The van der Waals surface area contributed by atoms with Gasteiger partial charge in [0.15, 0.2) is 0 Å². The lowest BCUT2D eigenvalue weighted by Gasteiger charge is -2.32. The molecule has 0 bridgehead atoms. The fraction of sp³-hybridized carbons (Fsp3) is 0.562. The van der Waals surface area contributed by atoms with Crippen molar-refractivity contribution in [2.75, 3.05) is 13.1 Å². The molecule has 0 aromatic carbocycles. The van der Waals surface area contributed by atoms with Crippen LogP contribution in [0.25, 0.3) is 0 Å². The van der Waals surface area contributed by atoms with Gasteiger partial charge in [-0.15, -0.1) is 0 Å². The van der Waals surface area contributed by atoms with Gasteiger partial charge < -0.3 is 4.90 Å². The Balaban J connectivity index is 1.56. The van der Waals surface area contributed by atoms with Crippen LogP contribution in [0.5, 0.6) is 0 Å². The summed E-state index contributed by atoms with van der Waals surface area (Å²) in [5.74, 6) is 0.610. The van der Waals surface area contributed by atoms with Crippen LogP contribution in [0, 0.1) is 13.8 Å². The molecule has 118 valence electrons. The zero-order valence-electron chi connectivity index (χ0n) is 13.2. The quantitative estimate of drug-likeness (QED) is 0.907. The molecule has 0 radical (unpaired) electrons. The number of carbonyl (C=O) groups excluding carboxylic acids is 1. The first-order chi connectivity index (χ1) is 10.6. The van der Waals surface area contributed by atoms with Crippen molar-refractivity contribution in [1.29, 1.82) is 0 Å². The minimum absolute atomic E-state index is 0.226. The molecule has 1 aliphatic rings. The second-order valence-electron chi connectivity index (χ2n) is 6.11. The third kappa shape index (κ3) is 3.05. The number of rotatable bonds is 4. The highest BCUT2D eigenvalue weighted by molar-refractivity contribution is 5.76. The largest absolute Gasteiger partial charge is 0.342 e. The van der Waals surface area contributed by atoms with Gasteiger partial charge in [-0.1, -0.05) is 0 Å². The van der Waals surface area contributed by atoms with E-state index in [4.69, 9.17) is 0 Å². The third-order valence-electron chi connectivity index (χ3n) is 4.67. The zero-order valence-corrected chi connectivity index (χ0v) is 13.2. The predicted octanol–water partition coefficient (Wildman–Crippen LogP) is 2.09. The molecule has 1 saturated heterocycles. The molecule has 1 fully saturated rings. The molecule has 0 aliphatic carbocycles. The summed E-state index contributed by atoms with van der Waals surface area (Å²) < 4.78 is 0. The average Bonchev–Trinajstić information content (AvgIpc) is 3.17. The van der Waals surface area contributed by atoms with Crippen molar-refractivity contribution in [3.05, 3.63) is 34.9 Å². The maximum absolute atomic E-state index is 12.5. The number of carbonyl (C=O) groups is 1. The molecular formula is C16H23N5O. The fourth-order valence-electron chi connectivity index (χ4n) is 3.11. The van der Waals surface area contributed by atoms with Crippen molar-refractivity contribution in [2.24, 2.45) is 0 Å². The van der Waals surface area contributed by atoms with Crippen LogP contribution in [0.3, 0.4) is 0 Å². The maximum atomic E-state index is 12.5. The van der Waals surface area contributed by atoms with Crippen molar-refractivity contribution in [2.45, 2.75) is 45.4 Å². The molecular weight excluding hydrogens is 278 g/mol. The van der Waals surface area contributed by atoms with Gasteiger partial charge in [0, 0.05) is 49.4 Å². The topological polar surface area (TPSA) is 77.7 Å². The van der Waals surface area contributed by atoms with Crippen LogP contribution in [-0.4, -0.2) is 44.3 Å². The Morgan fingerprint density at radius 2 is 2.27 bits per heavy atom. The first-order valence-electron chi connectivity index (χ1n) is 7.92. The highest BCUT2D eigenvalue weighted by atomic mass is 16.2. The summed E-state index contributed by atoms with van der Waals surface area (Å²) in [6.07, 6.45) is 5.18. The fourth-order valence-corrected chi connectivity index (χ4v) is 3.11. The number of nitrogens with one attached hydrogen (secondary N) is 2. The van der Waals surface area contributed by atoms with Crippen LogP contribution in [0.1, 0.15) is 47.8 Å². The van der Waals surface area contributed by atoms with Crippen LogP contribution in [0.15, 0.2) is 12.3 Å². The van der Waals surface area contributed by atoms with E-state index in [9.17, 15) is 4.79 Å². The van der Waals surface area contributed by atoms with Gasteiger partial charge in [0.1, 0.15) is 0 Å². The second kappa shape index (κ2) is 6.34. The molecule has 22 heavy (non-hydrogen) atoms. The number of H-pyrrole nitrogens is 2. The summed E-state index contributed by atoms with van der Waals surface area (Å²) in [5.41, 5.74) is 4.39. The Hall–Kier alpha value is -2.11. The maximum Gasteiger partial charge on any atom is 0.222 e. The molecule has 6 nitrogen and oxygen atoms in total. The standard InChI is InChI=1S/C16H23N5O/c1-11-12(2)18-20-14(11)5-6-16(22)21-9-3-4-13(10-21)15-7-8-17-19-15/h7-8,13H,3-6,9-10H2,1-2H3,(H,17,19)(H,18,20)/t13-/m1/s1. The number of hydrogen-bond acceptors (Lipinski definition) is 3. The van der Waals surface area contributed by atoms with Gasteiger partial charge in [-0.2, -0.15) is 10.2 Å². The van der Waals surface area contributed by atoms with E-state index in [0.29, 0.717) is 18.8 Å². The summed E-state index contributed by atoms with van der Waals surface area (Å²) in [4.78, 5) is 14.5. The first-order valence-corrected chi connectivity index (χ1v) is 7.92. The Bertz CT molecular complexity index is 631. The molecule has 2 aromatic rings. The molecule has 1 atom stereocenters. The molecule has 2 aromatic heterocycles. The molecule has 1 amide bonds. The number of amides is 1. The van der Waals surface area contributed by atoms with E-state index in [1.54, 1.807) is 6.20 Å². The number of aromatic amines is 2. The number of aromatic nitrogens is 4. The molecule has 0 spiro atoms. The Morgan fingerprint density at radius 3 is 2.95 bits per heavy atom. The minimum Gasteiger partial charge on any atom is -0.342 e. The smallest absolute Gasteiger partial charge is 0.222 e. The zero-order chi connectivity index (χ0) is 15.5. The van der Waals surface area contributed by atoms with E-state index >= 15 is 0 Å². The molecule has 6 heteroatoms. The van der Waals surface area contributed by atoms with E-state index < -0.39 is 0 Å². The molecule has 0 unspecified atom stereocenters. The lowest BCUT2D eigenvalue weighted by molar-refractivity contribution is -0.132. The number of likely N-dealkylation sites (tertiary alicyclic amines) is 1. The Kier molecular flexibility index (Phi) is 4.27.